The van der Waals surface area contributed by atoms with Gasteiger partial charge in [-0.25, -0.2) is 0 Å². The molecule has 0 amide bonds. The minimum atomic E-state index is -0.0722. The van der Waals surface area contributed by atoms with Crippen molar-refractivity contribution in [3.63, 3.8) is 0 Å². The van der Waals surface area contributed by atoms with Crippen molar-refractivity contribution in [1.82, 2.24) is 0 Å². The maximum atomic E-state index is 6.52. The molecule has 0 spiro atoms. The predicted molar refractivity (Wildman–Crippen MR) is 67.7 cm³/mol. The number of hydrogen-bond donors (Lipinski definition) is 1. The summed E-state index contributed by atoms with van der Waals surface area (Å²) in [5, 5.41) is 0. The van der Waals surface area contributed by atoms with Crippen molar-refractivity contribution in [3.8, 4) is 0 Å². The van der Waals surface area contributed by atoms with E-state index >= 15 is 0 Å². The van der Waals surface area contributed by atoms with Gasteiger partial charge in [0.2, 0.25) is 0 Å². The van der Waals surface area contributed by atoms with Crippen LogP contribution in [0.2, 0.25) is 0 Å². The summed E-state index contributed by atoms with van der Waals surface area (Å²) in [7, 11) is 0. The minimum Gasteiger partial charge on any atom is -0.321 e. The van der Waals surface area contributed by atoms with E-state index < -0.39 is 0 Å². The van der Waals surface area contributed by atoms with Gasteiger partial charge in [0.25, 0.3) is 0 Å². The van der Waals surface area contributed by atoms with Crippen LogP contribution < -0.4 is 5.73 Å². The van der Waals surface area contributed by atoms with E-state index in [2.05, 4.69) is 40.2 Å². The first-order valence-electron chi connectivity index (χ1n) is 5.76. The first-order chi connectivity index (χ1) is 7.21. The van der Waals surface area contributed by atoms with Crippen LogP contribution >= 0.6 is 15.9 Å². The summed E-state index contributed by atoms with van der Waals surface area (Å²) in [6.07, 6.45) is 7.49. The topological polar surface area (TPSA) is 26.0 Å². The van der Waals surface area contributed by atoms with Crippen LogP contribution in [-0.4, -0.2) is 0 Å². The standard InChI is InChI=1S/C13H18BrN/c14-12-7-5-11(6-8-12)13(15)9-3-1-2-4-10-13/h5-8H,1-4,9-10,15H2. The number of hydrogen-bond acceptors (Lipinski definition) is 1. The summed E-state index contributed by atoms with van der Waals surface area (Å²) < 4.78 is 1.13. The maximum Gasteiger partial charge on any atom is 0.0409 e. The molecule has 1 nitrogen and oxygen atoms in total. The van der Waals surface area contributed by atoms with E-state index in [9.17, 15) is 0 Å². The molecule has 0 aromatic heterocycles. The van der Waals surface area contributed by atoms with Crippen LogP contribution in [0.15, 0.2) is 28.7 Å². The Balaban J connectivity index is 2.22. The van der Waals surface area contributed by atoms with Gasteiger partial charge in [-0.2, -0.15) is 0 Å². The van der Waals surface area contributed by atoms with Crippen LogP contribution in [0.25, 0.3) is 0 Å². The smallest absolute Gasteiger partial charge is 0.0409 e. The molecule has 2 rings (SSSR count). The van der Waals surface area contributed by atoms with Crippen molar-refractivity contribution >= 4 is 15.9 Å². The lowest BCUT2D eigenvalue weighted by Gasteiger charge is -2.28. The van der Waals surface area contributed by atoms with E-state index in [1.807, 2.05) is 0 Å². The second kappa shape index (κ2) is 4.67. The van der Waals surface area contributed by atoms with Gasteiger partial charge in [0.1, 0.15) is 0 Å². The number of halogens is 1. The molecule has 1 aliphatic rings. The zero-order valence-electron chi connectivity index (χ0n) is 9.01. The zero-order valence-corrected chi connectivity index (χ0v) is 10.6. The van der Waals surface area contributed by atoms with Crippen molar-refractivity contribution in [2.24, 2.45) is 5.73 Å². The fraction of sp³-hybridized carbons (Fsp3) is 0.538. The SMILES string of the molecule is NC1(c2ccc(Br)cc2)CCCCCC1. The molecule has 0 radical (unpaired) electrons. The molecule has 0 bridgehead atoms. The molecular weight excluding hydrogens is 250 g/mol. The Morgan fingerprint density at radius 3 is 2.00 bits per heavy atom. The molecule has 0 unspecified atom stereocenters. The van der Waals surface area contributed by atoms with Crippen LogP contribution in [0.3, 0.4) is 0 Å². The van der Waals surface area contributed by atoms with Crippen molar-refractivity contribution in [1.29, 1.82) is 0 Å². The predicted octanol–water partition coefficient (Wildman–Crippen LogP) is 3.96. The van der Waals surface area contributed by atoms with E-state index in [-0.39, 0.29) is 5.54 Å². The molecule has 0 saturated heterocycles. The molecular formula is C13H18BrN. The van der Waals surface area contributed by atoms with Crippen LogP contribution in [0.4, 0.5) is 0 Å². The van der Waals surface area contributed by atoms with Gasteiger partial charge in [-0.05, 0) is 30.5 Å². The third-order valence-corrected chi connectivity index (χ3v) is 3.94. The molecule has 0 aliphatic heterocycles. The van der Waals surface area contributed by atoms with E-state index in [0.29, 0.717) is 0 Å². The van der Waals surface area contributed by atoms with Gasteiger partial charge in [-0.1, -0.05) is 53.7 Å². The van der Waals surface area contributed by atoms with Gasteiger partial charge in [-0.15, -0.1) is 0 Å². The van der Waals surface area contributed by atoms with E-state index in [1.165, 1.54) is 31.2 Å². The average Bonchev–Trinajstić information content (AvgIpc) is 2.45. The molecule has 2 heteroatoms. The Morgan fingerprint density at radius 1 is 0.933 bits per heavy atom. The molecule has 0 atom stereocenters. The number of nitrogens with two attached hydrogens (primary N) is 1. The zero-order chi connectivity index (χ0) is 10.7. The van der Waals surface area contributed by atoms with Crippen molar-refractivity contribution in [2.45, 2.75) is 44.1 Å². The van der Waals surface area contributed by atoms with Gasteiger partial charge in [0.15, 0.2) is 0 Å². The van der Waals surface area contributed by atoms with E-state index in [4.69, 9.17) is 5.73 Å². The first kappa shape index (κ1) is 11.2. The Morgan fingerprint density at radius 2 is 1.47 bits per heavy atom. The molecule has 82 valence electrons. The van der Waals surface area contributed by atoms with Crippen LogP contribution in [-0.2, 0) is 5.54 Å². The largest absolute Gasteiger partial charge is 0.321 e. The normalized spacial score (nSPS) is 20.9. The lowest BCUT2D eigenvalue weighted by molar-refractivity contribution is 0.385. The van der Waals surface area contributed by atoms with Gasteiger partial charge in [0, 0.05) is 10.0 Å². The summed E-state index contributed by atoms with van der Waals surface area (Å²) in [5.74, 6) is 0. The fourth-order valence-electron chi connectivity index (χ4n) is 2.43. The van der Waals surface area contributed by atoms with Crippen LogP contribution in [0, 0.1) is 0 Å². The highest BCUT2D eigenvalue weighted by Crippen LogP contribution is 2.33. The maximum absolute atomic E-state index is 6.52. The highest BCUT2D eigenvalue weighted by molar-refractivity contribution is 9.10. The average molecular weight is 268 g/mol. The summed E-state index contributed by atoms with van der Waals surface area (Å²) in [6, 6.07) is 8.51. The first-order valence-corrected chi connectivity index (χ1v) is 6.55. The summed E-state index contributed by atoms with van der Waals surface area (Å²) in [5.41, 5.74) is 7.74. The van der Waals surface area contributed by atoms with Gasteiger partial charge in [0.05, 0.1) is 0 Å². The molecule has 1 fully saturated rings. The highest BCUT2D eigenvalue weighted by Gasteiger charge is 2.27. The lowest BCUT2D eigenvalue weighted by Crippen LogP contribution is -2.35. The Kier molecular flexibility index (Phi) is 3.47. The second-order valence-electron chi connectivity index (χ2n) is 4.58. The summed E-state index contributed by atoms with van der Waals surface area (Å²) in [4.78, 5) is 0. The van der Waals surface area contributed by atoms with Gasteiger partial charge in [-0.3, -0.25) is 0 Å². The molecule has 1 aromatic carbocycles. The number of rotatable bonds is 1. The van der Waals surface area contributed by atoms with Crippen molar-refractivity contribution < 1.29 is 0 Å². The molecule has 2 N–H and O–H groups in total. The van der Waals surface area contributed by atoms with E-state index in [0.717, 1.165) is 17.3 Å². The van der Waals surface area contributed by atoms with Crippen molar-refractivity contribution in [3.05, 3.63) is 34.3 Å². The molecule has 1 aliphatic carbocycles. The third kappa shape index (κ3) is 2.61. The molecule has 15 heavy (non-hydrogen) atoms. The Labute approximate surface area is 100 Å². The van der Waals surface area contributed by atoms with E-state index in [1.54, 1.807) is 0 Å². The van der Waals surface area contributed by atoms with Gasteiger partial charge >= 0.3 is 0 Å². The molecule has 1 aromatic rings. The second-order valence-corrected chi connectivity index (χ2v) is 5.49. The van der Waals surface area contributed by atoms with Gasteiger partial charge < -0.3 is 5.73 Å². The fourth-order valence-corrected chi connectivity index (χ4v) is 2.69. The lowest BCUT2D eigenvalue weighted by atomic mass is 9.84. The van der Waals surface area contributed by atoms with Crippen molar-refractivity contribution in [2.75, 3.05) is 0 Å². The molecule has 0 heterocycles. The van der Waals surface area contributed by atoms with Crippen LogP contribution in [0.1, 0.15) is 44.1 Å². The number of benzene rings is 1. The minimum absolute atomic E-state index is 0.0722. The summed E-state index contributed by atoms with van der Waals surface area (Å²) >= 11 is 3.46. The Hall–Kier alpha value is -0.340. The third-order valence-electron chi connectivity index (χ3n) is 3.41. The Bertz CT molecular complexity index is 310. The monoisotopic (exact) mass is 267 g/mol. The van der Waals surface area contributed by atoms with Crippen LogP contribution in [0.5, 0.6) is 0 Å². The quantitative estimate of drug-likeness (QED) is 0.766. The summed E-state index contributed by atoms with van der Waals surface area (Å²) in [6.45, 7) is 0. The highest BCUT2D eigenvalue weighted by atomic mass is 79.9. The molecule has 1 saturated carbocycles.